The monoisotopic (exact) mass is 267 g/mol. The summed E-state index contributed by atoms with van der Waals surface area (Å²) in [6, 6.07) is 0. The molecule has 53 valence electrons. The minimum atomic E-state index is 0.0417. The first-order valence-corrected chi connectivity index (χ1v) is 10.9. The van der Waals surface area contributed by atoms with Crippen molar-refractivity contribution in [3.05, 3.63) is 6.92 Å². The van der Waals surface area contributed by atoms with Crippen molar-refractivity contribution < 1.29 is 0 Å². The van der Waals surface area contributed by atoms with E-state index < -0.39 is 0 Å². The van der Waals surface area contributed by atoms with Crippen LogP contribution in [0.5, 0.6) is 0 Å². The second-order valence-electron chi connectivity index (χ2n) is 1.90. The van der Waals surface area contributed by atoms with Crippen LogP contribution in [0.1, 0.15) is 26.7 Å². The summed E-state index contributed by atoms with van der Waals surface area (Å²) in [5.74, 6) is 0.824. The van der Waals surface area contributed by atoms with Crippen LogP contribution in [0.4, 0.5) is 0 Å². The van der Waals surface area contributed by atoms with Gasteiger partial charge in [0.15, 0.2) is 0 Å². The molecule has 1 unspecified atom stereocenters. The lowest BCUT2D eigenvalue weighted by molar-refractivity contribution is 0.570. The van der Waals surface area contributed by atoms with Gasteiger partial charge < -0.3 is 0 Å². The molecule has 0 rings (SSSR count). The highest BCUT2D eigenvalue weighted by Gasteiger charge is 1.88. The molecule has 0 N–H and O–H groups in total. The van der Waals surface area contributed by atoms with Crippen LogP contribution in [0.15, 0.2) is 0 Å². The molecule has 0 heterocycles. The molecule has 0 aliphatic rings. The summed E-state index contributed by atoms with van der Waals surface area (Å²) in [7, 11) is 0. The molecule has 0 aliphatic carbocycles. The second kappa shape index (κ2) is 12.4. The zero-order chi connectivity index (χ0) is 7.70. The van der Waals surface area contributed by atoms with Crippen LogP contribution < -0.4 is 0 Å². The number of rotatable bonds is 2. The van der Waals surface area contributed by atoms with Crippen molar-refractivity contribution in [3.8, 4) is 0 Å². The van der Waals surface area contributed by atoms with Gasteiger partial charge in [-0.3, -0.25) is 25.8 Å². The Hall–Kier alpha value is 1.73. The SMILES string of the molecule is [Br][Mg][Br].[CH2]CC(C)CC. The topological polar surface area (TPSA) is 0 Å². The fourth-order valence-electron chi connectivity index (χ4n) is 0.204. The van der Waals surface area contributed by atoms with Gasteiger partial charge in [-0.1, -0.05) is 33.6 Å². The average molecular weight is 269 g/mol. The fourth-order valence-corrected chi connectivity index (χ4v) is 0.204. The van der Waals surface area contributed by atoms with Gasteiger partial charge in [0, 0.05) is 0 Å². The third-order valence-corrected chi connectivity index (χ3v) is 1.19. The Bertz CT molecular complexity index is 38.0. The molecule has 0 aromatic heterocycles. The molecule has 0 spiro atoms. The summed E-state index contributed by atoms with van der Waals surface area (Å²) in [5, 5.41) is 0. The van der Waals surface area contributed by atoms with Gasteiger partial charge in [-0.05, 0) is 5.92 Å². The molecule has 9 heavy (non-hydrogen) atoms. The van der Waals surface area contributed by atoms with Crippen LogP contribution in [0, 0.1) is 12.8 Å². The molecular weight excluding hydrogens is 256 g/mol. The molecule has 0 fully saturated rings. The average Bonchev–Trinajstić information content (AvgIpc) is 1.88. The Balaban J connectivity index is 0. The zero-order valence-corrected chi connectivity index (χ0v) is 10.7. The van der Waals surface area contributed by atoms with E-state index in [4.69, 9.17) is 0 Å². The molecule has 3 heteroatoms. The summed E-state index contributed by atoms with van der Waals surface area (Å²) >= 11 is 6.44. The minimum Gasteiger partial charge on any atom is -0.280 e. The molecule has 0 aromatic carbocycles. The largest absolute Gasteiger partial charge is 0.560 e. The molecular formula is C6H13Br2Mg. The third-order valence-electron chi connectivity index (χ3n) is 1.19. The van der Waals surface area contributed by atoms with Crippen LogP contribution in [0.3, 0.4) is 0 Å². The van der Waals surface area contributed by atoms with Gasteiger partial charge in [0.1, 0.15) is 0 Å². The summed E-state index contributed by atoms with van der Waals surface area (Å²) in [6.07, 6.45) is 2.35. The van der Waals surface area contributed by atoms with E-state index in [9.17, 15) is 0 Å². The highest BCUT2D eigenvalue weighted by Crippen LogP contribution is 2.02. The molecule has 0 amide bonds. The van der Waals surface area contributed by atoms with Gasteiger partial charge in [-0.15, -0.1) is 0 Å². The number of hydrogen-bond acceptors (Lipinski definition) is 0. The van der Waals surface area contributed by atoms with Gasteiger partial charge in [0.25, 0.3) is 0 Å². The minimum absolute atomic E-state index is 0.0417. The first kappa shape index (κ1) is 13.3. The standard InChI is InChI=1S/C6H13.2BrH.Mg/c1-4-6(3)5-2;;;/h6H,1,4-5H2,2-3H3;2*1H;/q;;;+2/p-2. The van der Waals surface area contributed by atoms with E-state index in [0.717, 1.165) is 12.3 Å². The summed E-state index contributed by atoms with van der Waals surface area (Å²) < 4.78 is 0. The normalized spacial score (nSPS) is 7.78. The van der Waals surface area contributed by atoms with Gasteiger partial charge in [0.05, 0.1) is 0 Å². The van der Waals surface area contributed by atoms with Crippen molar-refractivity contribution in [2.24, 2.45) is 5.92 Å². The maximum Gasteiger partial charge on any atom is 0.560 e. The Labute approximate surface area is 80.6 Å². The van der Waals surface area contributed by atoms with E-state index in [-0.39, 0.29) is 16.0 Å². The predicted molar refractivity (Wildman–Crippen MR) is 53.0 cm³/mol. The molecule has 1 radical (unpaired) electrons. The first-order chi connectivity index (χ1) is 4.22. The molecule has 0 aromatic rings. The Morgan fingerprint density at radius 3 is 1.89 bits per heavy atom. The van der Waals surface area contributed by atoms with Crippen molar-refractivity contribution in [1.82, 2.24) is 0 Å². The van der Waals surface area contributed by atoms with Crippen molar-refractivity contribution in [1.29, 1.82) is 0 Å². The lowest BCUT2D eigenvalue weighted by Gasteiger charge is -1.98. The predicted octanol–water partition coefficient (Wildman–Crippen LogP) is 3.57. The van der Waals surface area contributed by atoms with Crippen molar-refractivity contribution in [2.75, 3.05) is 0 Å². The maximum atomic E-state index is 3.76. The van der Waals surface area contributed by atoms with Gasteiger partial charge in [-0.25, -0.2) is 0 Å². The maximum absolute atomic E-state index is 3.76. The van der Waals surface area contributed by atoms with Crippen LogP contribution >= 0.6 is 25.8 Å². The molecule has 0 saturated carbocycles. The number of hydrogen-bond donors (Lipinski definition) is 0. The third kappa shape index (κ3) is 17.7. The van der Waals surface area contributed by atoms with Crippen molar-refractivity contribution in [2.45, 2.75) is 26.7 Å². The summed E-state index contributed by atoms with van der Waals surface area (Å²) in [5.41, 5.74) is 0. The van der Waals surface area contributed by atoms with Crippen LogP contribution in [0.25, 0.3) is 0 Å². The Morgan fingerprint density at radius 1 is 1.56 bits per heavy atom. The molecule has 0 saturated heterocycles. The van der Waals surface area contributed by atoms with Crippen LogP contribution in [-0.2, 0) is 0 Å². The van der Waals surface area contributed by atoms with E-state index in [2.05, 4.69) is 46.5 Å². The zero-order valence-electron chi connectivity index (χ0n) is 6.16. The summed E-state index contributed by atoms with van der Waals surface area (Å²) in [6.45, 7) is 8.16. The van der Waals surface area contributed by atoms with E-state index in [1.54, 1.807) is 0 Å². The lowest BCUT2D eigenvalue weighted by atomic mass is 10.1. The van der Waals surface area contributed by atoms with Crippen LogP contribution in [0.2, 0.25) is 0 Å². The van der Waals surface area contributed by atoms with Crippen molar-refractivity contribution in [3.63, 3.8) is 0 Å². The van der Waals surface area contributed by atoms with Gasteiger partial charge in [-0.2, -0.15) is 0 Å². The van der Waals surface area contributed by atoms with E-state index in [0.29, 0.717) is 0 Å². The lowest BCUT2D eigenvalue weighted by Crippen LogP contribution is -1.85. The second-order valence-corrected chi connectivity index (χ2v) is 9.98. The van der Waals surface area contributed by atoms with Gasteiger partial charge >= 0.3 is 16.0 Å². The number of halogens is 2. The Morgan fingerprint density at radius 2 is 1.89 bits per heavy atom. The first-order valence-electron chi connectivity index (χ1n) is 3.14. The van der Waals surface area contributed by atoms with Crippen molar-refractivity contribution >= 4 is 41.8 Å². The smallest absolute Gasteiger partial charge is 0.280 e. The van der Waals surface area contributed by atoms with E-state index in [1.807, 2.05) is 0 Å². The molecule has 0 bridgehead atoms. The highest BCUT2D eigenvalue weighted by molar-refractivity contribution is 9.47. The highest BCUT2D eigenvalue weighted by atomic mass is 79.9. The summed E-state index contributed by atoms with van der Waals surface area (Å²) in [4.78, 5) is 0. The van der Waals surface area contributed by atoms with E-state index >= 15 is 0 Å². The molecule has 1 atom stereocenters. The molecule has 0 nitrogen and oxygen atoms in total. The van der Waals surface area contributed by atoms with Crippen LogP contribution in [-0.4, -0.2) is 16.0 Å². The van der Waals surface area contributed by atoms with Gasteiger partial charge in [0.2, 0.25) is 0 Å². The van der Waals surface area contributed by atoms with E-state index in [1.165, 1.54) is 6.42 Å². The Kier molecular flexibility index (Phi) is 18.4. The fraction of sp³-hybridized carbons (Fsp3) is 0.833. The molecule has 0 aliphatic heterocycles. The quantitative estimate of drug-likeness (QED) is 0.672.